The Bertz CT molecular complexity index is 1380. The Hall–Kier alpha value is -3.40. The van der Waals surface area contributed by atoms with Crippen LogP contribution in [0.15, 0.2) is 66.7 Å². The number of hydrogen-bond acceptors (Lipinski definition) is 7. The third-order valence-corrected chi connectivity index (χ3v) is 6.36. The first-order valence-corrected chi connectivity index (χ1v) is 11.6. The molecule has 4 N–H and O–H groups in total. The molecule has 0 bridgehead atoms. The molecule has 1 aliphatic rings. The van der Waals surface area contributed by atoms with Crippen LogP contribution in [0.1, 0.15) is 24.4 Å². The molecule has 0 saturated carbocycles. The molecule has 4 aromatic rings. The lowest BCUT2D eigenvalue weighted by Crippen LogP contribution is -2.25. The highest BCUT2D eigenvalue weighted by atomic mass is 35.5. The van der Waals surface area contributed by atoms with Gasteiger partial charge in [-0.25, -0.2) is 4.98 Å². The fourth-order valence-electron chi connectivity index (χ4n) is 3.68. The largest absolute Gasteiger partial charge is 0.483 e. The van der Waals surface area contributed by atoms with Crippen LogP contribution in [0, 0.1) is 0 Å². The van der Waals surface area contributed by atoms with Gasteiger partial charge in [0.25, 0.3) is 5.24 Å². The van der Waals surface area contributed by atoms with Crippen molar-refractivity contribution in [3.8, 4) is 17.2 Å². The van der Waals surface area contributed by atoms with Crippen LogP contribution in [-0.4, -0.2) is 26.4 Å². The number of nitrogen functional groups attached to an aromatic ring is 1. The molecule has 8 nitrogen and oxygen atoms in total. The Morgan fingerprint density at radius 3 is 2.42 bits per heavy atom. The maximum Gasteiger partial charge on any atom is 0.286 e. The van der Waals surface area contributed by atoms with Gasteiger partial charge in [0.15, 0.2) is 6.10 Å². The van der Waals surface area contributed by atoms with Gasteiger partial charge in [-0.1, -0.05) is 30.0 Å². The summed E-state index contributed by atoms with van der Waals surface area (Å²) in [6.45, 7) is 1.92. The fraction of sp³-hybridized carbons (Fsp3) is 0.160. The summed E-state index contributed by atoms with van der Waals surface area (Å²) >= 11 is 1.03. The lowest BCUT2D eigenvalue weighted by molar-refractivity contribution is -0.118. The summed E-state index contributed by atoms with van der Waals surface area (Å²) in [4.78, 5) is 31.0. The summed E-state index contributed by atoms with van der Waals surface area (Å²) < 4.78 is 12.0. The summed E-state index contributed by atoms with van der Waals surface area (Å²) in [5.74, 6) is 2.47. The van der Waals surface area contributed by atoms with Crippen LogP contribution < -0.4 is 20.5 Å². The molecule has 2 amide bonds. The molecule has 1 fully saturated rings. The summed E-state index contributed by atoms with van der Waals surface area (Å²) in [5.41, 5.74) is 9.06. The predicted molar refractivity (Wildman–Crippen MR) is 146 cm³/mol. The number of fused-ring (bicyclic) bond motifs is 1. The van der Waals surface area contributed by atoms with Crippen molar-refractivity contribution in [3.63, 3.8) is 0 Å². The van der Waals surface area contributed by atoms with Crippen LogP contribution in [0.5, 0.6) is 17.2 Å². The minimum absolute atomic E-state index is 0. The van der Waals surface area contributed by atoms with E-state index in [1.165, 1.54) is 0 Å². The normalized spacial score (nSPS) is 15.5. The average Bonchev–Trinajstić information content (AvgIpc) is 3.37. The molecule has 0 radical (unpaired) electrons. The van der Waals surface area contributed by atoms with E-state index in [2.05, 4.69) is 15.3 Å². The van der Waals surface area contributed by atoms with Crippen molar-refractivity contribution in [1.82, 2.24) is 15.3 Å². The first-order valence-electron chi connectivity index (χ1n) is 10.7. The first kappa shape index (κ1) is 27.2. The van der Waals surface area contributed by atoms with Crippen molar-refractivity contribution < 1.29 is 19.1 Å². The van der Waals surface area contributed by atoms with E-state index < -0.39 is 0 Å². The van der Waals surface area contributed by atoms with Crippen LogP contribution in [0.4, 0.5) is 10.5 Å². The van der Waals surface area contributed by atoms with Gasteiger partial charge in [-0.15, -0.1) is 24.8 Å². The summed E-state index contributed by atoms with van der Waals surface area (Å²) in [5, 5.41) is 1.63. The second-order valence-corrected chi connectivity index (χ2v) is 9.14. The summed E-state index contributed by atoms with van der Waals surface area (Å²) in [7, 11) is 0. The standard InChI is InChI=1S/C25H22N4O4S.2ClH/c1-14(32-17-7-5-15(6-8-17)11-22-24(30)29-25(31)34-22)23-27-20-10-9-19(13-21(20)28-23)33-18-4-2-3-16(26)12-18;;/h2-10,12-14,22H,11,26H2,1H3,(H,27,28)(H,29,30,31);2*1H. The molecule has 1 aromatic heterocycles. The van der Waals surface area contributed by atoms with Crippen LogP contribution in [0.25, 0.3) is 11.0 Å². The number of nitrogens with zero attached hydrogens (tertiary/aromatic N) is 1. The lowest BCUT2D eigenvalue weighted by atomic mass is 10.1. The maximum atomic E-state index is 11.8. The van der Waals surface area contributed by atoms with E-state index in [0.717, 1.165) is 28.4 Å². The van der Waals surface area contributed by atoms with Gasteiger partial charge in [-0.05, 0) is 55.3 Å². The number of nitrogens with two attached hydrogens (primary N) is 1. The zero-order valence-electron chi connectivity index (χ0n) is 19.1. The monoisotopic (exact) mass is 546 g/mol. The Balaban J connectivity index is 0.00000180. The highest BCUT2D eigenvalue weighted by Gasteiger charge is 2.31. The van der Waals surface area contributed by atoms with Crippen molar-refractivity contribution in [3.05, 3.63) is 78.1 Å². The van der Waals surface area contributed by atoms with Gasteiger partial charge in [0.05, 0.1) is 16.3 Å². The zero-order valence-corrected chi connectivity index (χ0v) is 21.5. The smallest absolute Gasteiger partial charge is 0.286 e. The Morgan fingerprint density at radius 2 is 1.72 bits per heavy atom. The van der Waals surface area contributed by atoms with Crippen molar-refractivity contribution in [2.75, 3.05) is 5.73 Å². The minimum Gasteiger partial charge on any atom is -0.483 e. The number of aromatic nitrogens is 2. The van der Waals surface area contributed by atoms with E-state index in [1.807, 2.05) is 61.5 Å². The number of imidazole rings is 1. The van der Waals surface area contributed by atoms with Crippen molar-refractivity contribution in [2.24, 2.45) is 0 Å². The van der Waals surface area contributed by atoms with Crippen LogP contribution in [-0.2, 0) is 11.2 Å². The Kier molecular flexibility index (Phi) is 8.73. The van der Waals surface area contributed by atoms with Crippen LogP contribution >= 0.6 is 36.6 Å². The molecule has 11 heteroatoms. The lowest BCUT2D eigenvalue weighted by Gasteiger charge is -2.13. The fourth-order valence-corrected chi connectivity index (χ4v) is 4.54. The van der Waals surface area contributed by atoms with Crippen molar-refractivity contribution >= 4 is 64.4 Å². The molecule has 0 aliphatic carbocycles. The molecule has 2 atom stereocenters. The summed E-state index contributed by atoms with van der Waals surface area (Å²) in [6, 6.07) is 20.4. The average molecular weight is 547 g/mol. The number of anilines is 1. The highest BCUT2D eigenvalue weighted by Crippen LogP contribution is 2.29. The molecule has 0 spiro atoms. The molecule has 1 saturated heterocycles. The van der Waals surface area contributed by atoms with Crippen LogP contribution in [0.3, 0.4) is 0 Å². The number of carbonyl (C=O) groups is 2. The first-order chi connectivity index (χ1) is 16.4. The molecule has 188 valence electrons. The summed E-state index contributed by atoms with van der Waals surface area (Å²) in [6.07, 6.45) is 0.173. The third-order valence-electron chi connectivity index (χ3n) is 5.37. The quantitative estimate of drug-likeness (QED) is 0.250. The number of aromatic amines is 1. The number of H-pyrrole nitrogens is 1. The van der Waals surface area contributed by atoms with Gasteiger partial charge in [-0.2, -0.15) is 0 Å². The van der Waals surface area contributed by atoms with Gasteiger partial charge in [0.2, 0.25) is 5.91 Å². The molecular weight excluding hydrogens is 523 g/mol. The van der Waals surface area contributed by atoms with Crippen molar-refractivity contribution in [1.29, 1.82) is 0 Å². The number of ether oxygens (including phenoxy) is 2. The number of nitrogens with one attached hydrogen (secondary N) is 2. The molecule has 3 aromatic carbocycles. The second-order valence-electron chi connectivity index (χ2n) is 7.97. The molecule has 1 aliphatic heterocycles. The van der Waals surface area contributed by atoms with Gasteiger partial charge in [-0.3, -0.25) is 14.9 Å². The Morgan fingerprint density at radius 1 is 1.00 bits per heavy atom. The van der Waals surface area contributed by atoms with Gasteiger partial charge < -0.3 is 20.2 Å². The van der Waals surface area contributed by atoms with E-state index in [0.29, 0.717) is 35.2 Å². The van der Waals surface area contributed by atoms with E-state index in [1.54, 1.807) is 12.1 Å². The van der Waals surface area contributed by atoms with Crippen molar-refractivity contribution in [2.45, 2.75) is 24.7 Å². The predicted octanol–water partition coefficient (Wildman–Crippen LogP) is 5.82. The van der Waals surface area contributed by atoms with Gasteiger partial charge >= 0.3 is 0 Å². The molecule has 2 heterocycles. The molecule has 36 heavy (non-hydrogen) atoms. The highest BCUT2D eigenvalue weighted by molar-refractivity contribution is 8.15. The number of imide groups is 1. The number of carbonyl (C=O) groups excluding carboxylic acids is 2. The number of benzene rings is 3. The Labute approximate surface area is 224 Å². The van der Waals surface area contributed by atoms with E-state index >= 15 is 0 Å². The number of halogens is 2. The number of hydrogen-bond donors (Lipinski definition) is 3. The second kappa shape index (κ2) is 11.6. The van der Waals surface area contributed by atoms with E-state index in [9.17, 15) is 9.59 Å². The van der Waals surface area contributed by atoms with E-state index in [-0.39, 0.29) is 47.3 Å². The minimum atomic E-state index is -0.387. The zero-order chi connectivity index (χ0) is 23.7. The third kappa shape index (κ3) is 6.23. The van der Waals surface area contributed by atoms with Gasteiger partial charge in [0, 0.05) is 17.8 Å². The maximum absolute atomic E-state index is 11.8. The van der Waals surface area contributed by atoms with Gasteiger partial charge in [0.1, 0.15) is 23.1 Å². The van der Waals surface area contributed by atoms with E-state index in [4.69, 9.17) is 15.2 Å². The molecular formula is C25H24Cl2N4O4S. The van der Waals surface area contributed by atoms with Crippen LogP contribution in [0.2, 0.25) is 0 Å². The number of amides is 2. The SMILES string of the molecule is CC(Oc1ccc(CC2SC(=O)NC2=O)cc1)c1nc2ccc(Oc3cccc(N)c3)cc2[nH]1.Cl.Cl. The number of thioether (sulfide) groups is 1. The molecule has 2 unspecified atom stereocenters. The molecule has 5 rings (SSSR count). The number of rotatable bonds is 7. The topological polar surface area (TPSA) is 119 Å².